The average molecular weight is 430 g/mol. The summed E-state index contributed by atoms with van der Waals surface area (Å²) in [5.41, 5.74) is 2.34. The number of nitrogens with one attached hydrogen (secondary N) is 2. The van der Waals surface area contributed by atoms with E-state index in [2.05, 4.69) is 40.5 Å². The molecule has 0 bridgehead atoms. The Morgan fingerprint density at radius 1 is 0.969 bits per heavy atom. The molecule has 10 heteroatoms. The zero-order valence-corrected chi connectivity index (χ0v) is 17.5. The lowest BCUT2D eigenvalue weighted by Crippen LogP contribution is -2.47. The smallest absolute Gasteiger partial charge is 0.235 e. The average Bonchev–Trinajstić information content (AvgIpc) is 3.23. The van der Waals surface area contributed by atoms with Crippen LogP contribution in [0, 0.1) is 0 Å². The predicted octanol–water partition coefficient (Wildman–Crippen LogP) is 3.04. The molecule has 5 rings (SSSR count). The van der Waals surface area contributed by atoms with Gasteiger partial charge in [0, 0.05) is 44.5 Å². The molecule has 10 nitrogen and oxygen atoms in total. The first-order chi connectivity index (χ1) is 15.7. The maximum atomic E-state index is 11.3. The van der Waals surface area contributed by atoms with Gasteiger partial charge in [0.05, 0.1) is 5.39 Å². The van der Waals surface area contributed by atoms with Gasteiger partial charge in [0.2, 0.25) is 23.7 Å². The van der Waals surface area contributed by atoms with Crippen LogP contribution in [0.4, 0.5) is 29.2 Å². The van der Waals surface area contributed by atoms with Gasteiger partial charge < -0.3 is 25.0 Å². The minimum absolute atomic E-state index is 0.123. The summed E-state index contributed by atoms with van der Waals surface area (Å²) in [6.45, 7) is 4.51. The number of carbonyl (C=O) groups excluding carboxylic acids is 1. The third-order valence-corrected chi connectivity index (χ3v) is 5.21. The molecule has 2 aromatic carbocycles. The second-order valence-electron chi connectivity index (χ2n) is 7.48. The Labute approximate surface area is 184 Å². The van der Waals surface area contributed by atoms with Crippen molar-refractivity contribution in [3.8, 4) is 0 Å². The van der Waals surface area contributed by atoms with Crippen molar-refractivity contribution < 1.29 is 9.32 Å². The third kappa shape index (κ3) is 4.15. The number of hydrogen-bond acceptors (Lipinski definition) is 9. The van der Waals surface area contributed by atoms with Gasteiger partial charge in [-0.3, -0.25) is 4.79 Å². The molecular formula is C22H22N8O2. The van der Waals surface area contributed by atoms with Crippen molar-refractivity contribution >= 4 is 46.0 Å². The van der Waals surface area contributed by atoms with Crippen LogP contribution in [-0.2, 0) is 4.79 Å². The van der Waals surface area contributed by atoms with Crippen LogP contribution in [0.5, 0.6) is 0 Å². The number of aromatic nitrogens is 4. The zero-order chi connectivity index (χ0) is 21.9. The summed E-state index contributed by atoms with van der Waals surface area (Å²) in [5.74, 6) is 1.74. The van der Waals surface area contributed by atoms with Crippen LogP contribution >= 0.6 is 0 Å². The Kier molecular flexibility index (Phi) is 5.24. The number of fused-ring (bicyclic) bond motifs is 1. The van der Waals surface area contributed by atoms with E-state index in [0.29, 0.717) is 17.6 Å². The normalized spacial score (nSPS) is 13.9. The van der Waals surface area contributed by atoms with Crippen molar-refractivity contribution in [1.29, 1.82) is 0 Å². The first-order valence-electron chi connectivity index (χ1n) is 10.3. The van der Waals surface area contributed by atoms with E-state index in [1.54, 1.807) is 0 Å². The van der Waals surface area contributed by atoms with Gasteiger partial charge in [-0.25, -0.2) is 9.97 Å². The Morgan fingerprint density at radius 3 is 2.59 bits per heavy atom. The van der Waals surface area contributed by atoms with Crippen molar-refractivity contribution in [1.82, 2.24) is 20.1 Å². The molecule has 0 unspecified atom stereocenters. The topological polar surface area (TPSA) is 112 Å². The summed E-state index contributed by atoms with van der Waals surface area (Å²) < 4.78 is 5.59. The van der Waals surface area contributed by atoms with Gasteiger partial charge in [0.15, 0.2) is 0 Å². The fraction of sp³-hybridized carbons (Fsp3) is 0.227. The highest BCUT2D eigenvalue weighted by Crippen LogP contribution is 2.28. The van der Waals surface area contributed by atoms with E-state index >= 15 is 0 Å². The second kappa shape index (κ2) is 8.50. The molecular weight excluding hydrogens is 408 g/mol. The number of nitrogens with zero attached hydrogens (tertiary/aromatic N) is 6. The fourth-order valence-electron chi connectivity index (χ4n) is 3.72. The SMILES string of the molecule is CC(=O)Nc1cccc(Nc2ncnc(N3CCN(c4onc5ccccc45)CC3)n2)c1. The van der Waals surface area contributed by atoms with E-state index in [4.69, 9.17) is 4.52 Å². The molecule has 0 saturated carbocycles. The minimum atomic E-state index is -0.123. The van der Waals surface area contributed by atoms with E-state index in [9.17, 15) is 4.79 Å². The van der Waals surface area contributed by atoms with Gasteiger partial charge in [-0.2, -0.15) is 4.98 Å². The van der Waals surface area contributed by atoms with Crippen LogP contribution in [0.3, 0.4) is 0 Å². The largest absolute Gasteiger partial charge is 0.337 e. The predicted molar refractivity (Wildman–Crippen MR) is 122 cm³/mol. The van der Waals surface area contributed by atoms with Crippen molar-refractivity contribution in [2.24, 2.45) is 0 Å². The van der Waals surface area contributed by atoms with Gasteiger partial charge >= 0.3 is 0 Å². The monoisotopic (exact) mass is 430 g/mol. The molecule has 0 atom stereocenters. The molecule has 162 valence electrons. The first kappa shape index (κ1) is 19.7. The standard InChI is InChI=1S/C22H22N8O2/c1-15(31)25-16-5-4-6-17(13-16)26-21-23-14-24-22(27-21)30-11-9-29(10-12-30)20-18-7-2-3-8-19(18)28-32-20/h2-8,13-14H,9-12H2,1H3,(H,25,31)(H,23,24,26,27). The summed E-state index contributed by atoms with van der Waals surface area (Å²) in [7, 11) is 0. The van der Waals surface area contributed by atoms with Crippen LogP contribution in [0.25, 0.3) is 10.9 Å². The molecule has 1 aliphatic heterocycles. The van der Waals surface area contributed by atoms with Crippen LogP contribution in [0.15, 0.2) is 59.4 Å². The summed E-state index contributed by atoms with van der Waals surface area (Å²) in [6, 6.07) is 15.3. The highest BCUT2D eigenvalue weighted by molar-refractivity contribution is 5.89. The molecule has 0 spiro atoms. The van der Waals surface area contributed by atoms with Gasteiger partial charge in [0.1, 0.15) is 11.8 Å². The number of benzene rings is 2. The van der Waals surface area contributed by atoms with Gasteiger partial charge in [-0.05, 0) is 30.3 Å². The zero-order valence-electron chi connectivity index (χ0n) is 17.5. The van der Waals surface area contributed by atoms with E-state index in [-0.39, 0.29) is 5.91 Å². The first-order valence-corrected chi connectivity index (χ1v) is 10.3. The Bertz CT molecular complexity index is 1250. The second-order valence-corrected chi connectivity index (χ2v) is 7.48. The molecule has 1 amide bonds. The maximum Gasteiger partial charge on any atom is 0.235 e. The van der Waals surface area contributed by atoms with E-state index in [0.717, 1.165) is 48.7 Å². The quantitative estimate of drug-likeness (QED) is 0.493. The summed E-state index contributed by atoms with van der Waals surface area (Å²) >= 11 is 0. The minimum Gasteiger partial charge on any atom is -0.337 e. The summed E-state index contributed by atoms with van der Waals surface area (Å²) in [5, 5.41) is 11.1. The van der Waals surface area contributed by atoms with Crippen molar-refractivity contribution in [2.75, 3.05) is 46.6 Å². The summed E-state index contributed by atoms with van der Waals surface area (Å²) in [6.07, 6.45) is 1.50. The number of rotatable bonds is 5. The Morgan fingerprint density at radius 2 is 1.75 bits per heavy atom. The molecule has 2 aromatic heterocycles. The molecule has 4 aromatic rings. The maximum absolute atomic E-state index is 11.3. The number of hydrogen-bond donors (Lipinski definition) is 2. The molecule has 2 N–H and O–H groups in total. The molecule has 32 heavy (non-hydrogen) atoms. The van der Waals surface area contributed by atoms with Crippen molar-refractivity contribution in [2.45, 2.75) is 6.92 Å². The van der Waals surface area contributed by atoms with Crippen LogP contribution in [-0.4, -0.2) is 52.2 Å². The van der Waals surface area contributed by atoms with Crippen LogP contribution in [0.1, 0.15) is 6.92 Å². The highest BCUT2D eigenvalue weighted by atomic mass is 16.5. The van der Waals surface area contributed by atoms with Crippen molar-refractivity contribution in [3.05, 3.63) is 54.9 Å². The van der Waals surface area contributed by atoms with Gasteiger partial charge in [0.25, 0.3) is 0 Å². The Balaban J connectivity index is 1.26. The molecule has 0 aliphatic carbocycles. The molecule has 1 saturated heterocycles. The lowest BCUT2D eigenvalue weighted by Gasteiger charge is -2.34. The van der Waals surface area contributed by atoms with E-state index < -0.39 is 0 Å². The summed E-state index contributed by atoms with van der Waals surface area (Å²) in [4.78, 5) is 28.7. The molecule has 0 radical (unpaired) electrons. The Hall–Kier alpha value is -4.21. The number of anilines is 5. The van der Waals surface area contributed by atoms with E-state index in [1.165, 1.54) is 13.3 Å². The van der Waals surface area contributed by atoms with Crippen LogP contribution in [0.2, 0.25) is 0 Å². The van der Waals surface area contributed by atoms with Crippen LogP contribution < -0.4 is 20.4 Å². The molecule has 1 fully saturated rings. The number of carbonyl (C=O) groups is 1. The number of amides is 1. The fourth-order valence-corrected chi connectivity index (χ4v) is 3.72. The van der Waals surface area contributed by atoms with Gasteiger partial charge in [-0.15, -0.1) is 0 Å². The van der Waals surface area contributed by atoms with Crippen molar-refractivity contribution in [3.63, 3.8) is 0 Å². The molecule has 1 aliphatic rings. The molecule has 3 heterocycles. The van der Waals surface area contributed by atoms with Gasteiger partial charge in [-0.1, -0.05) is 23.4 Å². The lowest BCUT2D eigenvalue weighted by atomic mass is 10.2. The highest BCUT2D eigenvalue weighted by Gasteiger charge is 2.23. The van der Waals surface area contributed by atoms with E-state index in [1.807, 2.05) is 48.5 Å². The lowest BCUT2D eigenvalue weighted by molar-refractivity contribution is -0.114. The number of piperazine rings is 1. The third-order valence-electron chi connectivity index (χ3n) is 5.21.